The van der Waals surface area contributed by atoms with E-state index in [-0.39, 0.29) is 0 Å². The van der Waals surface area contributed by atoms with E-state index >= 15 is 0 Å². The van der Waals surface area contributed by atoms with Gasteiger partial charge in [0.05, 0.1) is 11.0 Å². The molecule has 0 unspecified atom stereocenters. The number of aromatic nitrogens is 2. The summed E-state index contributed by atoms with van der Waals surface area (Å²) in [5.74, 6) is 0.372. The first-order valence-corrected chi connectivity index (χ1v) is 8.25. The van der Waals surface area contributed by atoms with Gasteiger partial charge in [0.25, 0.3) is 0 Å². The first kappa shape index (κ1) is 15.4. The van der Waals surface area contributed by atoms with Gasteiger partial charge in [-0.15, -0.1) is 6.58 Å². The van der Waals surface area contributed by atoms with Crippen LogP contribution in [0.25, 0.3) is 11.0 Å². The summed E-state index contributed by atoms with van der Waals surface area (Å²) in [5, 5.41) is 0.963. The van der Waals surface area contributed by atoms with Crippen molar-refractivity contribution in [3.63, 3.8) is 0 Å². The molecular formula is C18H17N3OS. The van der Waals surface area contributed by atoms with Crippen molar-refractivity contribution in [1.29, 1.82) is 0 Å². The molecule has 0 aliphatic carbocycles. The smallest absolute Gasteiger partial charge is 0.248 e. The molecule has 0 radical (unpaired) electrons. The molecule has 1 amide bonds. The summed E-state index contributed by atoms with van der Waals surface area (Å²) in [7, 11) is 0. The van der Waals surface area contributed by atoms with Gasteiger partial charge >= 0.3 is 0 Å². The molecule has 3 rings (SSSR count). The van der Waals surface area contributed by atoms with E-state index in [9.17, 15) is 4.79 Å². The van der Waals surface area contributed by atoms with E-state index in [1.165, 1.54) is 0 Å². The third kappa shape index (κ3) is 3.29. The fraction of sp³-hybridized carbons (Fsp3) is 0.111. The van der Waals surface area contributed by atoms with Crippen LogP contribution in [-0.4, -0.2) is 15.5 Å². The molecule has 0 saturated carbocycles. The van der Waals surface area contributed by atoms with Crippen LogP contribution < -0.4 is 5.73 Å². The monoisotopic (exact) mass is 323 g/mol. The van der Waals surface area contributed by atoms with Crippen LogP contribution in [0.1, 0.15) is 15.9 Å². The predicted molar refractivity (Wildman–Crippen MR) is 94.5 cm³/mol. The second kappa shape index (κ2) is 6.71. The largest absolute Gasteiger partial charge is 0.366 e. The zero-order valence-electron chi connectivity index (χ0n) is 12.6. The highest BCUT2D eigenvalue weighted by Gasteiger charge is 2.10. The average molecular weight is 323 g/mol. The molecule has 2 aromatic carbocycles. The molecule has 4 nitrogen and oxygen atoms in total. The molecule has 0 bridgehead atoms. The Bertz CT molecular complexity index is 852. The first-order chi connectivity index (χ1) is 11.2. The Hall–Kier alpha value is -2.53. The standard InChI is InChI=1S/C18H17N3OS/c1-2-11-21-16-6-4-3-5-15(16)20-18(21)23-12-13-7-9-14(10-8-13)17(19)22/h2-10H,1,11-12H2,(H2,19,22). The van der Waals surface area contributed by atoms with Crippen LogP contribution in [-0.2, 0) is 12.3 Å². The van der Waals surface area contributed by atoms with Crippen LogP contribution in [0.15, 0.2) is 66.3 Å². The maximum Gasteiger partial charge on any atom is 0.248 e. The van der Waals surface area contributed by atoms with Crippen molar-refractivity contribution >= 4 is 28.7 Å². The molecule has 23 heavy (non-hydrogen) atoms. The summed E-state index contributed by atoms with van der Waals surface area (Å²) in [6, 6.07) is 15.4. The molecule has 116 valence electrons. The second-order valence-corrected chi connectivity index (χ2v) is 6.07. The number of para-hydroxylation sites is 2. The predicted octanol–water partition coefficient (Wildman–Crippen LogP) is 3.61. The lowest BCUT2D eigenvalue weighted by Gasteiger charge is -2.06. The number of nitrogens with two attached hydrogens (primary N) is 1. The van der Waals surface area contributed by atoms with Crippen molar-refractivity contribution in [3.05, 3.63) is 72.3 Å². The number of thioether (sulfide) groups is 1. The molecule has 3 aromatic rings. The van der Waals surface area contributed by atoms with Gasteiger partial charge < -0.3 is 10.3 Å². The third-order valence-corrected chi connectivity index (χ3v) is 4.59. The minimum absolute atomic E-state index is 0.406. The van der Waals surface area contributed by atoms with E-state index in [0.717, 1.165) is 34.1 Å². The zero-order chi connectivity index (χ0) is 16.2. The highest BCUT2D eigenvalue weighted by Crippen LogP contribution is 2.27. The van der Waals surface area contributed by atoms with Gasteiger partial charge in [-0.2, -0.15) is 0 Å². The number of imidazole rings is 1. The molecule has 0 spiro atoms. The Kier molecular flexibility index (Phi) is 4.48. The Morgan fingerprint density at radius 2 is 1.96 bits per heavy atom. The van der Waals surface area contributed by atoms with Crippen LogP contribution in [0.2, 0.25) is 0 Å². The Labute approximate surface area is 139 Å². The topological polar surface area (TPSA) is 60.9 Å². The number of fused-ring (bicyclic) bond motifs is 1. The SMILES string of the molecule is C=CCn1c(SCc2ccc(C(N)=O)cc2)nc2ccccc21. The van der Waals surface area contributed by atoms with Gasteiger partial charge in [0.1, 0.15) is 0 Å². The summed E-state index contributed by atoms with van der Waals surface area (Å²) in [4.78, 5) is 15.8. The van der Waals surface area contributed by atoms with Crippen LogP contribution in [0, 0.1) is 0 Å². The normalized spacial score (nSPS) is 10.8. The van der Waals surface area contributed by atoms with E-state index in [0.29, 0.717) is 5.56 Å². The Balaban J connectivity index is 1.82. The van der Waals surface area contributed by atoms with Crippen LogP contribution in [0.4, 0.5) is 0 Å². The van der Waals surface area contributed by atoms with Gasteiger partial charge in [0, 0.05) is 17.9 Å². The number of primary amides is 1. The second-order valence-electron chi connectivity index (χ2n) is 5.13. The summed E-state index contributed by atoms with van der Waals surface area (Å²) < 4.78 is 2.16. The minimum Gasteiger partial charge on any atom is -0.366 e. The van der Waals surface area contributed by atoms with Gasteiger partial charge in [0.15, 0.2) is 5.16 Å². The number of amides is 1. The number of rotatable bonds is 6. The quantitative estimate of drug-likeness (QED) is 0.557. The van der Waals surface area contributed by atoms with Gasteiger partial charge in [-0.25, -0.2) is 4.98 Å². The zero-order valence-corrected chi connectivity index (χ0v) is 13.4. The molecule has 1 aromatic heterocycles. The molecule has 0 aliphatic rings. The summed E-state index contributed by atoms with van der Waals surface area (Å²) in [6.45, 7) is 4.55. The van der Waals surface area contributed by atoms with E-state index in [1.54, 1.807) is 23.9 Å². The van der Waals surface area contributed by atoms with Crippen molar-refractivity contribution in [2.24, 2.45) is 5.73 Å². The van der Waals surface area contributed by atoms with Crippen molar-refractivity contribution < 1.29 is 4.79 Å². The molecule has 0 saturated heterocycles. The summed E-state index contributed by atoms with van der Waals surface area (Å²) in [6.07, 6.45) is 1.87. The molecule has 0 aliphatic heterocycles. The van der Waals surface area contributed by atoms with E-state index in [2.05, 4.69) is 17.2 Å². The van der Waals surface area contributed by atoms with E-state index < -0.39 is 5.91 Å². The number of hydrogen-bond donors (Lipinski definition) is 1. The number of carbonyl (C=O) groups is 1. The van der Waals surface area contributed by atoms with Gasteiger partial charge in [0.2, 0.25) is 5.91 Å². The van der Waals surface area contributed by atoms with E-state index in [4.69, 9.17) is 10.7 Å². The van der Waals surface area contributed by atoms with Gasteiger partial charge in [-0.3, -0.25) is 4.79 Å². The lowest BCUT2D eigenvalue weighted by molar-refractivity contribution is 0.100. The van der Waals surface area contributed by atoms with Crippen LogP contribution in [0.5, 0.6) is 0 Å². The lowest BCUT2D eigenvalue weighted by atomic mass is 10.1. The summed E-state index contributed by atoms with van der Waals surface area (Å²) in [5.41, 5.74) is 9.00. The van der Waals surface area contributed by atoms with Crippen LogP contribution in [0.3, 0.4) is 0 Å². The maximum absolute atomic E-state index is 11.1. The molecule has 5 heteroatoms. The fourth-order valence-electron chi connectivity index (χ4n) is 2.38. The van der Waals surface area contributed by atoms with Crippen molar-refractivity contribution in [3.8, 4) is 0 Å². The highest BCUT2D eigenvalue weighted by molar-refractivity contribution is 7.98. The molecule has 2 N–H and O–H groups in total. The molecular weight excluding hydrogens is 306 g/mol. The van der Waals surface area contributed by atoms with Crippen LogP contribution >= 0.6 is 11.8 Å². The molecule has 0 fully saturated rings. The Morgan fingerprint density at radius 3 is 2.65 bits per heavy atom. The fourth-order valence-corrected chi connectivity index (χ4v) is 3.36. The third-order valence-electron chi connectivity index (χ3n) is 3.54. The summed E-state index contributed by atoms with van der Waals surface area (Å²) >= 11 is 1.67. The maximum atomic E-state index is 11.1. The van der Waals surface area contributed by atoms with Crippen molar-refractivity contribution in [2.75, 3.05) is 0 Å². The molecule has 0 atom stereocenters. The number of nitrogens with zero attached hydrogens (tertiary/aromatic N) is 2. The van der Waals surface area contributed by atoms with Gasteiger partial charge in [-0.05, 0) is 29.8 Å². The number of benzene rings is 2. The lowest BCUT2D eigenvalue weighted by Crippen LogP contribution is -2.10. The first-order valence-electron chi connectivity index (χ1n) is 7.27. The van der Waals surface area contributed by atoms with Gasteiger partial charge in [-0.1, -0.05) is 42.1 Å². The van der Waals surface area contributed by atoms with Crippen molar-refractivity contribution in [2.45, 2.75) is 17.5 Å². The number of carbonyl (C=O) groups excluding carboxylic acids is 1. The molecule has 1 heterocycles. The number of allylic oxidation sites excluding steroid dienone is 1. The van der Waals surface area contributed by atoms with E-state index in [1.807, 2.05) is 36.4 Å². The average Bonchev–Trinajstić information content (AvgIpc) is 2.92. The number of hydrogen-bond acceptors (Lipinski definition) is 3. The Morgan fingerprint density at radius 1 is 1.22 bits per heavy atom. The highest BCUT2D eigenvalue weighted by atomic mass is 32.2. The van der Waals surface area contributed by atoms with Crippen molar-refractivity contribution in [1.82, 2.24) is 9.55 Å². The minimum atomic E-state index is -0.406.